The first-order valence-electron chi connectivity index (χ1n) is 8.39. The van der Waals surface area contributed by atoms with Crippen molar-refractivity contribution in [2.24, 2.45) is 0 Å². The van der Waals surface area contributed by atoms with Crippen LogP contribution in [0.15, 0.2) is 36.9 Å². The summed E-state index contributed by atoms with van der Waals surface area (Å²) in [5.41, 5.74) is 1.31. The molecular weight excluding hydrogens is 425 g/mol. The Kier molecular flexibility index (Phi) is 6.41. The average Bonchev–Trinajstić information content (AvgIpc) is 3.21. The van der Waals surface area contributed by atoms with Gasteiger partial charge < -0.3 is 14.6 Å². The third kappa shape index (κ3) is 4.56. The van der Waals surface area contributed by atoms with E-state index >= 15 is 0 Å². The summed E-state index contributed by atoms with van der Waals surface area (Å²) in [6, 6.07) is 5.37. The Bertz CT molecular complexity index is 1070. The molecule has 0 fully saturated rings. The number of halogens is 2. The van der Waals surface area contributed by atoms with E-state index < -0.39 is 10.0 Å². The molecule has 0 bridgehead atoms. The van der Waals surface area contributed by atoms with E-state index in [0.29, 0.717) is 21.4 Å². The van der Waals surface area contributed by atoms with Crippen molar-refractivity contribution in [3.63, 3.8) is 0 Å². The number of hydrogen-bond donors (Lipinski definition) is 2. The minimum atomic E-state index is -3.50. The van der Waals surface area contributed by atoms with Gasteiger partial charge in [-0.3, -0.25) is 0 Å². The molecule has 0 aliphatic rings. The van der Waals surface area contributed by atoms with E-state index in [1.54, 1.807) is 36.7 Å². The molecule has 0 amide bonds. The number of hydrogen-bond acceptors (Lipinski definition) is 6. The Hall–Kier alpha value is -1.91. The van der Waals surface area contributed by atoms with Crippen LogP contribution in [0.25, 0.3) is 16.6 Å². The molecule has 0 aliphatic heterocycles. The number of aliphatic hydroxyl groups is 1. The van der Waals surface area contributed by atoms with Crippen LogP contribution in [0.4, 0.5) is 5.82 Å². The van der Waals surface area contributed by atoms with Gasteiger partial charge in [0.15, 0.2) is 0 Å². The lowest BCUT2D eigenvalue weighted by atomic mass is 10.1. The van der Waals surface area contributed by atoms with Crippen molar-refractivity contribution in [1.29, 1.82) is 0 Å². The molecule has 0 aliphatic carbocycles. The number of aromatic nitrogens is 3. The number of nitrogens with one attached hydrogen (secondary N) is 1. The Balaban J connectivity index is 1.98. The van der Waals surface area contributed by atoms with Crippen LogP contribution in [0.2, 0.25) is 10.0 Å². The highest BCUT2D eigenvalue weighted by Crippen LogP contribution is 2.34. The highest BCUT2D eigenvalue weighted by molar-refractivity contribution is 7.89. The molecular formula is C17H19Cl2N5O3S. The Labute approximate surface area is 172 Å². The molecule has 150 valence electrons. The summed E-state index contributed by atoms with van der Waals surface area (Å²) in [5.74, 6) is 0.394. The second-order valence-corrected chi connectivity index (χ2v) is 8.80. The first-order valence-corrected chi connectivity index (χ1v) is 10.8. The van der Waals surface area contributed by atoms with E-state index in [2.05, 4.69) is 14.7 Å². The second kappa shape index (κ2) is 8.62. The zero-order valence-electron chi connectivity index (χ0n) is 15.0. The number of fused-ring (bicyclic) bond motifs is 1. The second-order valence-electron chi connectivity index (χ2n) is 6.09. The van der Waals surface area contributed by atoms with E-state index in [0.717, 1.165) is 11.1 Å². The Morgan fingerprint density at radius 2 is 2.11 bits per heavy atom. The lowest BCUT2D eigenvalue weighted by Gasteiger charge is -2.21. The molecule has 28 heavy (non-hydrogen) atoms. The molecule has 2 N–H and O–H groups in total. The number of nitrogens with zero attached hydrogens (tertiary/aromatic N) is 4. The average molecular weight is 444 g/mol. The quantitative estimate of drug-likeness (QED) is 0.552. The number of pyridine rings is 1. The zero-order chi connectivity index (χ0) is 20.3. The van der Waals surface area contributed by atoms with Crippen LogP contribution in [0, 0.1) is 0 Å². The maximum absolute atomic E-state index is 12.0. The van der Waals surface area contributed by atoms with Gasteiger partial charge in [0.2, 0.25) is 10.0 Å². The summed E-state index contributed by atoms with van der Waals surface area (Å²) < 4.78 is 28.1. The standard InChI is InChI=1S/C17H19Cl2N5O3S/c1-23(7-9-28(26,27)21-5-8-25)15-10-14(24-6-4-20-11-24)12-2-3-13(18)16(19)17(12)22-15/h2-4,6,10-11,21,25H,5,7-9H2,1H3. The lowest BCUT2D eigenvalue weighted by Crippen LogP contribution is -2.34. The summed E-state index contributed by atoms with van der Waals surface area (Å²) in [4.78, 5) is 10.4. The highest BCUT2D eigenvalue weighted by atomic mass is 35.5. The maximum atomic E-state index is 12.0. The fourth-order valence-electron chi connectivity index (χ4n) is 2.66. The van der Waals surface area contributed by atoms with Gasteiger partial charge in [0.1, 0.15) is 5.82 Å². The third-order valence-corrected chi connectivity index (χ3v) is 6.30. The Morgan fingerprint density at radius 3 is 2.79 bits per heavy atom. The highest BCUT2D eigenvalue weighted by Gasteiger charge is 2.16. The van der Waals surface area contributed by atoms with Gasteiger partial charge in [0.25, 0.3) is 0 Å². The SMILES string of the molecule is CN(CCS(=O)(=O)NCCO)c1cc(-n2ccnc2)c2ccc(Cl)c(Cl)c2n1. The topological polar surface area (TPSA) is 100 Å². The minimum Gasteiger partial charge on any atom is -0.395 e. The summed E-state index contributed by atoms with van der Waals surface area (Å²) in [7, 11) is -1.76. The number of anilines is 1. The van der Waals surface area contributed by atoms with Gasteiger partial charge in [-0.05, 0) is 12.1 Å². The van der Waals surface area contributed by atoms with E-state index in [9.17, 15) is 8.42 Å². The van der Waals surface area contributed by atoms with E-state index in [1.165, 1.54) is 0 Å². The predicted molar refractivity (Wildman–Crippen MR) is 111 cm³/mol. The fraction of sp³-hybridized carbons (Fsp3) is 0.294. The molecule has 0 atom stereocenters. The molecule has 2 heterocycles. The first kappa shape index (κ1) is 20.8. The van der Waals surface area contributed by atoms with Crippen molar-refractivity contribution in [3.05, 3.63) is 47.0 Å². The molecule has 0 saturated heterocycles. The largest absolute Gasteiger partial charge is 0.395 e. The van der Waals surface area contributed by atoms with Gasteiger partial charge in [0, 0.05) is 44.0 Å². The number of sulfonamides is 1. The van der Waals surface area contributed by atoms with E-state index in [1.807, 2.05) is 16.7 Å². The van der Waals surface area contributed by atoms with E-state index in [-0.39, 0.29) is 25.4 Å². The monoisotopic (exact) mass is 443 g/mol. The van der Waals surface area contributed by atoms with Crippen molar-refractivity contribution in [2.45, 2.75) is 0 Å². The van der Waals surface area contributed by atoms with Crippen LogP contribution < -0.4 is 9.62 Å². The fourth-order valence-corrected chi connectivity index (χ4v) is 4.08. The van der Waals surface area contributed by atoms with Gasteiger partial charge in [-0.2, -0.15) is 0 Å². The van der Waals surface area contributed by atoms with Crippen molar-refractivity contribution in [2.75, 3.05) is 37.4 Å². The minimum absolute atomic E-state index is 0.0147. The summed E-state index contributed by atoms with van der Waals surface area (Å²) in [6.45, 7) is -0.0746. The van der Waals surface area contributed by atoms with Gasteiger partial charge in [-0.15, -0.1) is 0 Å². The number of benzene rings is 1. The molecule has 0 unspecified atom stereocenters. The number of imidazole rings is 1. The van der Waals surface area contributed by atoms with Gasteiger partial charge in [-0.1, -0.05) is 23.2 Å². The van der Waals surface area contributed by atoms with Gasteiger partial charge in [0.05, 0.1) is 39.9 Å². The lowest BCUT2D eigenvalue weighted by molar-refractivity contribution is 0.301. The van der Waals surface area contributed by atoms with Crippen LogP contribution in [-0.4, -0.2) is 60.6 Å². The van der Waals surface area contributed by atoms with Crippen molar-refractivity contribution in [1.82, 2.24) is 19.3 Å². The number of rotatable bonds is 8. The molecule has 11 heteroatoms. The summed E-state index contributed by atoms with van der Waals surface area (Å²) in [6.07, 6.45) is 5.11. The van der Waals surface area contributed by atoms with E-state index in [4.69, 9.17) is 28.3 Å². The smallest absolute Gasteiger partial charge is 0.213 e. The van der Waals surface area contributed by atoms with Crippen molar-refractivity contribution < 1.29 is 13.5 Å². The summed E-state index contributed by atoms with van der Waals surface area (Å²) in [5, 5.41) is 10.3. The van der Waals surface area contributed by atoms with Crippen LogP contribution in [0.5, 0.6) is 0 Å². The van der Waals surface area contributed by atoms with Crippen LogP contribution >= 0.6 is 23.2 Å². The van der Waals surface area contributed by atoms with Crippen LogP contribution in [-0.2, 0) is 10.0 Å². The van der Waals surface area contributed by atoms with Gasteiger partial charge >= 0.3 is 0 Å². The summed E-state index contributed by atoms with van der Waals surface area (Å²) >= 11 is 12.5. The normalized spacial score (nSPS) is 11.9. The van der Waals surface area contributed by atoms with Gasteiger partial charge in [-0.25, -0.2) is 23.1 Å². The van der Waals surface area contributed by atoms with Crippen LogP contribution in [0.1, 0.15) is 0 Å². The zero-order valence-corrected chi connectivity index (χ0v) is 17.3. The predicted octanol–water partition coefficient (Wildman–Crippen LogP) is 2.08. The maximum Gasteiger partial charge on any atom is 0.213 e. The molecule has 0 saturated carbocycles. The first-order chi connectivity index (χ1) is 13.3. The third-order valence-electron chi connectivity index (χ3n) is 4.14. The Morgan fingerprint density at radius 1 is 1.32 bits per heavy atom. The molecule has 8 nitrogen and oxygen atoms in total. The molecule has 3 rings (SSSR count). The van der Waals surface area contributed by atoms with Crippen molar-refractivity contribution >= 4 is 49.9 Å². The molecule has 2 aromatic heterocycles. The molecule has 3 aromatic rings. The van der Waals surface area contributed by atoms with Crippen LogP contribution in [0.3, 0.4) is 0 Å². The molecule has 1 aromatic carbocycles. The molecule has 0 spiro atoms. The number of aliphatic hydroxyl groups excluding tert-OH is 1. The molecule has 0 radical (unpaired) electrons. The van der Waals surface area contributed by atoms with Crippen molar-refractivity contribution in [3.8, 4) is 5.69 Å².